The molecule has 2 atom stereocenters. The van der Waals surface area contributed by atoms with Gasteiger partial charge in [0, 0.05) is 11.6 Å². The molecule has 0 bridgehead atoms. The van der Waals surface area contributed by atoms with Crippen LogP contribution in [0.3, 0.4) is 0 Å². The summed E-state index contributed by atoms with van der Waals surface area (Å²) in [6.07, 6.45) is 3.58. The molecule has 0 radical (unpaired) electrons. The molecule has 0 saturated heterocycles. The Balaban J connectivity index is 2.20. The average molecular weight is 354 g/mol. The molecule has 2 saturated carbocycles. The number of aliphatic carboxylic acids is 2. The smallest absolute Gasteiger partial charge is 0.308 e. The Hall–Kier alpha value is -2.12. The lowest BCUT2D eigenvalue weighted by atomic mass is 9.55. The van der Waals surface area contributed by atoms with Crippen molar-refractivity contribution in [2.24, 2.45) is 23.7 Å². The van der Waals surface area contributed by atoms with Crippen LogP contribution in [0, 0.1) is 23.7 Å². The van der Waals surface area contributed by atoms with E-state index >= 15 is 0 Å². The predicted molar refractivity (Wildman–Crippen MR) is 87.5 cm³/mol. The molecule has 25 heavy (non-hydrogen) atoms. The number of hydrogen-bond donors (Lipinski definition) is 4. The molecule has 0 spiro atoms. The van der Waals surface area contributed by atoms with Gasteiger partial charge in [0.1, 0.15) is 0 Å². The molecule has 2 aliphatic carbocycles. The molecule has 140 valence electrons. The zero-order chi connectivity index (χ0) is 18.9. The van der Waals surface area contributed by atoms with Crippen molar-refractivity contribution in [2.75, 3.05) is 0 Å². The quantitative estimate of drug-likeness (QED) is 0.572. The molecule has 2 rings (SSSR count). The van der Waals surface area contributed by atoms with E-state index in [1.165, 1.54) is 0 Å². The molecule has 8 nitrogen and oxygen atoms in total. The third-order valence-corrected chi connectivity index (χ3v) is 4.92. The minimum absolute atomic E-state index is 0.0427. The molecule has 0 aromatic rings. The van der Waals surface area contributed by atoms with Crippen molar-refractivity contribution in [1.29, 1.82) is 0 Å². The summed E-state index contributed by atoms with van der Waals surface area (Å²) in [7, 11) is 0. The summed E-state index contributed by atoms with van der Waals surface area (Å²) in [5.41, 5.74) is -0.625. The second kappa shape index (κ2) is 7.01. The Morgan fingerprint density at radius 1 is 0.800 bits per heavy atom. The van der Waals surface area contributed by atoms with Crippen molar-refractivity contribution < 1.29 is 29.4 Å². The first-order chi connectivity index (χ1) is 11.5. The van der Waals surface area contributed by atoms with Crippen molar-refractivity contribution >= 4 is 23.8 Å². The van der Waals surface area contributed by atoms with Crippen LogP contribution < -0.4 is 10.6 Å². The Morgan fingerprint density at radius 3 is 1.64 bits per heavy atom. The summed E-state index contributed by atoms with van der Waals surface area (Å²) >= 11 is 0. The number of carboxylic acid groups (broad SMARTS) is 2. The van der Waals surface area contributed by atoms with Crippen molar-refractivity contribution in [2.45, 2.75) is 58.0 Å². The first kappa shape index (κ1) is 19.2. The van der Waals surface area contributed by atoms with Crippen LogP contribution >= 0.6 is 0 Å². The maximum Gasteiger partial charge on any atom is 0.308 e. The van der Waals surface area contributed by atoms with E-state index in [1.807, 2.05) is 0 Å². The van der Waals surface area contributed by atoms with Gasteiger partial charge in [0.2, 0.25) is 11.8 Å². The highest BCUT2D eigenvalue weighted by atomic mass is 16.4. The first-order valence-electron chi connectivity index (χ1n) is 8.61. The molecule has 2 fully saturated rings. The standard InChI is InChI=1S/C17H26N2O6/c1-17(2,3)19-14(21)10-11(15(22)23)9(12(10)16(24)25)13(20)18-8-6-4-5-7-8/h8-12H,4-7H2,1-3H3,(H,18,20)(H,19,21)(H,22,23)(H,24,25). The van der Waals surface area contributed by atoms with E-state index in [0.29, 0.717) is 0 Å². The maximum atomic E-state index is 12.5. The van der Waals surface area contributed by atoms with Gasteiger partial charge < -0.3 is 20.8 Å². The number of carbonyl (C=O) groups excluding carboxylic acids is 2. The van der Waals surface area contributed by atoms with Crippen LogP contribution in [0.2, 0.25) is 0 Å². The highest BCUT2D eigenvalue weighted by Gasteiger charge is 2.64. The van der Waals surface area contributed by atoms with Gasteiger partial charge in [-0.2, -0.15) is 0 Å². The maximum absolute atomic E-state index is 12.5. The molecule has 0 aromatic heterocycles. The fraction of sp³-hybridized carbons (Fsp3) is 0.765. The zero-order valence-electron chi connectivity index (χ0n) is 14.7. The van der Waals surface area contributed by atoms with Crippen LogP contribution in [0.15, 0.2) is 0 Å². The normalized spacial score (nSPS) is 29.6. The van der Waals surface area contributed by atoms with Gasteiger partial charge in [0.25, 0.3) is 0 Å². The van der Waals surface area contributed by atoms with Gasteiger partial charge in [-0.3, -0.25) is 19.2 Å². The van der Waals surface area contributed by atoms with E-state index in [9.17, 15) is 29.4 Å². The lowest BCUT2D eigenvalue weighted by Gasteiger charge is -2.46. The summed E-state index contributed by atoms with van der Waals surface area (Å²) in [5.74, 6) is -9.01. The Morgan fingerprint density at radius 2 is 1.24 bits per heavy atom. The number of carboxylic acids is 2. The monoisotopic (exact) mass is 354 g/mol. The third kappa shape index (κ3) is 4.11. The Kier molecular flexibility index (Phi) is 5.39. The molecule has 0 aliphatic heterocycles. The fourth-order valence-electron chi connectivity index (χ4n) is 3.84. The van der Waals surface area contributed by atoms with E-state index in [2.05, 4.69) is 10.6 Å². The van der Waals surface area contributed by atoms with Gasteiger partial charge in [-0.15, -0.1) is 0 Å². The van der Waals surface area contributed by atoms with Gasteiger partial charge >= 0.3 is 11.9 Å². The van der Waals surface area contributed by atoms with Gasteiger partial charge in [0.05, 0.1) is 23.7 Å². The van der Waals surface area contributed by atoms with E-state index in [1.54, 1.807) is 20.8 Å². The van der Waals surface area contributed by atoms with Crippen LogP contribution in [0.25, 0.3) is 0 Å². The number of carbonyl (C=O) groups is 4. The van der Waals surface area contributed by atoms with Crippen LogP contribution in [0.1, 0.15) is 46.5 Å². The van der Waals surface area contributed by atoms with Crippen molar-refractivity contribution in [1.82, 2.24) is 10.6 Å². The van der Waals surface area contributed by atoms with E-state index in [0.717, 1.165) is 25.7 Å². The second-order valence-corrected chi connectivity index (χ2v) is 8.01. The molecular weight excluding hydrogens is 328 g/mol. The number of amides is 2. The SMILES string of the molecule is CC(C)(C)NC(=O)C1C(C(=O)O)C(C(=O)NC2CCCC2)C1C(=O)O. The van der Waals surface area contributed by atoms with E-state index in [4.69, 9.17) is 0 Å². The lowest BCUT2D eigenvalue weighted by molar-refractivity contribution is -0.181. The second-order valence-electron chi connectivity index (χ2n) is 8.01. The predicted octanol–water partition coefficient (Wildman–Crippen LogP) is 0.608. The number of nitrogens with one attached hydrogen (secondary N) is 2. The minimum Gasteiger partial charge on any atom is -0.481 e. The van der Waals surface area contributed by atoms with Crippen molar-refractivity contribution in [3.63, 3.8) is 0 Å². The number of hydrogen-bond acceptors (Lipinski definition) is 4. The summed E-state index contributed by atoms with van der Waals surface area (Å²) in [6, 6.07) is -0.0427. The highest BCUT2D eigenvalue weighted by molar-refractivity contribution is 5.99. The van der Waals surface area contributed by atoms with Gasteiger partial charge in [-0.1, -0.05) is 12.8 Å². The first-order valence-corrected chi connectivity index (χ1v) is 8.61. The molecule has 8 heteroatoms. The molecule has 2 aliphatic rings. The molecule has 0 aromatic carbocycles. The molecule has 2 unspecified atom stereocenters. The highest BCUT2D eigenvalue weighted by Crippen LogP contribution is 2.47. The van der Waals surface area contributed by atoms with Crippen LogP contribution in [0.5, 0.6) is 0 Å². The molecule has 2 amide bonds. The summed E-state index contributed by atoms with van der Waals surface area (Å²) in [6.45, 7) is 5.16. The summed E-state index contributed by atoms with van der Waals surface area (Å²) in [5, 5.41) is 24.3. The minimum atomic E-state index is -1.33. The van der Waals surface area contributed by atoms with Crippen LogP contribution in [-0.4, -0.2) is 45.5 Å². The number of rotatable bonds is 5. The van der Waals surface area contributed by atoms with Gasteiger partial charge in [-0.05, 0) is 33.6 Å². The van der Waals surface area contributed by atoms with Crippen molar-refractivity contribution in [3.8, 4) is 0 Å². The van der Waals surface area contributed by atoms with Crippen LogP contribution in [0.4, 0.5) is 0 Å². The zero-order valence-corrected chi connectivity index (χ0v) is 14.7. The summed E-state index contributed by atoms with van der Waals surface area (Å²) < 4.78 is 0. The molecule has 0 heterocycles. The topological polar surface area (TPSA) is 133 Å². The fourth-order valence-corrected chi connectivity index (χ4v) is 3.84. The largest absolute Gasteiger partial charge is 0.481 e. The van der Waals surface area contributed by atoms with Crippen LogP contribution in [-0.2, 0) is 19.2 Å². The van der Waals surface area contributed by atoms with Gasteiger partial charge in [0.15, 0.2) is 0 Å². The molecule has 4 N–H and O–H groups in total. The Bertz CT molecular complexity index is 554. The average Bonchev–Trinajstić information content (AvgIpc) is 2.86. The Labute approximate surface area is 146 Å². The van der Waals surface area contributed by atoms with E-state index < -0.39 is 53.0 Å². The van der Waals surface area contributed by atoms with Gasteiger partial charge in [-0.25, -0.2) is 0 Å². The lowest BCUT2D eigenvalue weighted by Crippen LogP contribution is -2.65. The third-order valence-electron chi connectivity index (χ3n) is 4.92. The summed E-state index contributed by atoms with van der Waals surface area (Å²) in [4.78, 5) is 48.2. The molecular formula is C17H26N2O6. The van der Waals surface area contributed by atoms with Crippen molar-refractivity contribution in [3.05, 3.63) is 0 Å². The van der Waals surface area contributed by atoms with E-state index in [-0.39, 0.29) is 6.04 Å².